The number of hydrogen-bond acceptors (Lipinski definition) is 5. The van der Waals surface area contributed by atoms with Gasteiger partial charge in [0.1, 0.15) is 0 Å². The summed E-state index contributed by atoms with van der Waals surface area (Å²) in [6.45, 7) is 0.975. The summed E-state index contributed by atoms with van der Waals surface area (Å²) in [6.07, 6.45) is 2.66. The molecule has 2 N–H and O–H groups in total. The maximum absolute atomic E-state index is 12.1. The van der Waals surface area contributed by atoms with Crippen LogP contribution in [0.15, 0.2) is 18.2 Å². The van der Waals surface area contributed by atoms with E-state index >= 15 is 0 Å². The van der Waals surface area contributed by atoms with Crippen molar-refractivity contribution >= 4 is 21.7 Å². The fourth-order valence-electron chi connectivity index (χ4n) is 2.69. The quantitative estimate of drug-likeness (QED) is 0.853. The van der Waals surface area contributed by atoms with E-state index in [2.05, 4.69) is 10.6 Å². The van der Waals surface area contributed by atoms with Crippen molar-refractivity contribution in [1.82, 2.24) is 9.62 Å². The molecular formula is C14H19N3O5S. The average molecular weight is 341 g/mol. The molecule has 3 rings (SSSR count). The fraction of sp³-hybridized carbons (Fsp3) is 0.500. The largest absolute Gasteiger partial charge is 0.454 e. The van der Waals surface area contributed by atoms with Gasteiger partial charge in [-0.1, -0.05) is 0 Å². The molecule has 0 saturated carbocycles. The first kappa shape index (κ1) is 15.9. The van der Waals surface area contributed by atoms with Crippen molar-refractivity contribution in [2.75, 3.05) is 31.5 Å². The van der Waals surface area contributed by atoms with Gasteiger partial charge in [0.25, 0.3) is 0 Å². The molecule has 1 atom stereocenters. The lowest BCUT2D eigenvalue weighted by atomic mass is 10.1. The number of carbonyl (C=O) groups excluding carboxylic acids is 1. The first-order valence-corrected chi connectivity index (χ1v) is 9.19. The number of sulfonamides is 1. The van der Waals surface area contributed by atoms with Gasteiger partial charge in [-0.15, -0.1) is 0 Å². The fourth-order valence-corrected chi connectivity index (χ4v) is 3.60. The second-order valence-electron chi connectivity index (χ2n) is 5.63. The molecule has 1 aromatic carbocycles. The van der Waals surface area contributed by atoms with E-state index < -0.39 is 10.0 Å². The summed E-state index contributed by atoms with van der Waals surface area (Å²) in [6, 6.07) is 4.56. The van der Waals surface area contributed by atoms with Gasteiger partial charge in [0.15, 0.2) is 11.5 Å². The van der Waals surface area contributed by atoms with Crippen molar-refractivity contribution in [1.29, 1.82) is 0 Å². The minimum atomic E-state index is -3.23. The Morgan fingerprint density at radius 3 is 2.87 bits per heavy atom. The molecule has 126 valence electrons. The second kappa shape index (κ2) is 6.25. The van der Waals surface area contributed by atoms with Crippen LogP contribution in [0, 0.1) is 0 Å². The van der Waals surface area contributed by atoms with Gasteiger partial charge >= 0.3 is 6.03 Å². The number of nitrogens with zero attached hydrogens (tertiary/aromatic N) is 1. The summed E-state index contributed by atoms with van der Waals surface area (Å²) in [5, 5.41) is 5.53. The van der Waals surface area contributed by atoms with E-state index in [4.69, 9.17) is 9.47 Å². The van der Waals surface area contributed by atoms with Gasteiger partial charge in [-0.05, 0) is 25.0 Å². The lowest BCUT2D eigenvalue weighted by Crippen LogP contribution is -2.50. The normalized spacial score (nSPS) is 21.0. The first-order chi connectivity index (χ1) is 10.9. The van der Waals surface area contributed by atoms with E-state index in [1.54, 1.807) is 18.2 Å². The van der Waals surface area contributed by atoms with Gasteiger partial charge < -0.3 is 20.1 Å². The molecule has 2 aliphatic heterocycles. The van der Waals surface area contributed by atoms with Crippen LogP contribution >= 0.6 is 0 Å². The topological polar surface area (TPSA) is 97.0 Å². The van der Waals surface area contributed by atoms with Gasteiger partial charge in [-0.2, -0.15) is 0 Å². The minimum absolute atomic E-state index is 0.175. The predicted octanol–water partition coefficient (Wildman–Crippen LogP) is 0.961. The molecule has 2 amide bonds. The summed E-state index contributed by atoms with van der Waals surface area (Å²) >= 11 is 0. The first-order valence-electron chi connectivity index (χ1n) is 7.34. The number of urea groups is 1. The van der Waals surface area contributed by atoms with Crippen LogP contribution in [0.3, 0.4) is 0 Å². The lowest BCUT2D eigenvalue weighted by Gasteiger charge is -2.31. The highest BCUT2D eigenvalue weighted by Crippen LogP contribution is 2.34. The zero-order chi connectivity index (χ0) is 16.4. The van der Waals surface area contributed by atoms with Crippen LogP contribution in [0.25, 0.3) is 0 Å². The smallest absolute Gasteiger partial charge is 0.319 e. The number of anilines is 1. The number of nitrogens with one attached hydrogen (secondary N) is 2. The van der Waals surface area contributed by atoms with Gasteiger partial charge in [-0.25, -0.2) is 17.5 Å². The zero-order valence-electron chi connectivity index (χ0n) is 12.7. The third-order valence-corrected chi connectivity index (χ3v) is 5.09. The van der Waals surface area contributed by atoms with Crippen molar-refractivity contribution in [3.63, 3.8) is 0 Å². The summed E-state index contributed by atoms with van der Waals surface area (Å²) < 4.78 is 35.0. The van der Waals surface area contributed by atoms with Crippen molar-refractivity contribution in [2.45, 2.75) is 18.9 Å². The number of hydrogen-bond donors (Lipinski definition) is 2. The Kier molecular flexibility index (Phi) is 4.31. The summed E-state index contributed by atoms with van der Waals surface area (Å²) in [5.74, 6) is 1.23. The van der Waals surface area contributed by atoms with Crippen LogP contribution < -0.4 is 20.1 Å². The maximum Gasteiger partial charge on any atom is 0.319 e. The molecule has 0 bridgehead atoms. The van der Waals surface area contributed by atoms with Gasteiger partial charge in [0.05, 0.1) is 6.26 Å². The SMILES string of the molecule is CS(=O)(=O)N1CCC[C@@H](NC(=O)Nc2ccc3c(c2)OCO3)C1. The Hall–Kier alpha value is -2.00. The number of carbonyl (C=O) groups is 1. The molecule has 0 spiro atoms. The van der Waals surface area contributed by atoms with Crippen LogP contribution in [0.5, 0.6) is 11.5 Å². The van der Waals surface area contributed by atoms with Gasteiger partial charge in [0, 0.05) is 30.9 Å². The van der Waals surface area contributed by atoms with Crippen LogP contribution in [0.1, 0.15) is 12.8 Å². The van der Waals surface area contributed by atoms with E-state index in [0.717, 1.165) is 12.8 Å². The summed E-state index contributed by atoms with van der Waals surface area (Å²) in [4.78, 5) is 12.1. The molecule has 0 aliphatic carbocycles. The second-order valence-corrected chi connectivity index (χ2v) is 7.61. The third kappa shape index (κ3) is 3.85. The Morgan fingerprint density at radius 1 is 1.30 bits per heavy atom. The van der Waals surface area contributed by atoms with Crippen LogP contribution in [-0.4, -0.2) is 50.9 Å². The molecular weight excluding hydrogens is 322 g/mol. The molecule has 1 saturated heterocycles. The molecule has 8 nitrogen and oxygen atoms in total. The minimum Gasteiger partial charge on any atom is -0.454 e. The van der Waals surface area contributed by atoms with Crippen molar-refractivity contribution in [2.24, 2.45) is 0 Å². The highest BCUT2D eigenvalue weighted by molar-refractivity contribution is 7.88. The number of rotatable bonds is 3. The molecule has 2 heterocycles. The van der Waals surface area contributed by atoms with Crippen LogP contribution in [0.2, 0.25) is 0 Å². The van der Waals surface area contributed by atoms with Crippen molar-refractivity contribution in [3.05, 3.63) is 18.2 Å². The number of benzene rings is 1. The predicted molar refractivity (Wildman–Crippen MR) is 84.2 cm³/mol. The highest BCUT2D eigenvalue weighted by Gasteiger charge is 2.26. The number of amides is 2. The summed E-state index contributed by atoms with van der Waals surface area (Å²) in [5.41, 5.74) is 0.586. The van der Waals surface area contributed by atoms with Gasteiger partial charge in [0.2, 0.25) is 16.8 Å². The lowest BCUT2D eigenvalue weighted by molar-refractivity contribution is 0.174. The van der Waals surface area contributed by atoms with Gasteiger partial charge in [-0.3, -0.25) is 0 Å². The molecule has 23 heavy (non-hydrogen) atoms. The molecule has 0 radical (unpaired) electrons. The van der Waals surface area contributed by atoms with E-state index in [-0.39, 0.29) is 18.9 Å². The third-order valence-electron chi connectivity index (χ3n) is 3.82. The Labute approximate surface area is 134 Å². The molecule has 1 aromatic rings. The maximum atomic E-state index is 12.1. The monoisotopic (exact) mass is 341 g/mol. The van der Waals surface area contributed by atoms with E-state index in [1.165, 1.54) is 10.6 Å². The van der Waals surface area contributed by atoms with Crippen molar-refractivity contribution in [3.8, 4) is 11.5 Å². The number of fused-ring (bicyclic) bond motifs is 1. The Balaban J connectivity index is 1.57. The molecule has 0 aromatic heterocycles. The highest BCUT2D eigenvalue weighted by atomic mass is 32.2. The Bertz CT molecular complexity index is 706. The average Bonchev–Trinajstić information content (AvgIpc) is 2.94. The van der Waals surface area contributed by atoms with Crippen LogP contribution in [0.4, 0.5) is 10.5 Å². The molecule has 0 unspecified atom stereocenters. The standard InChI is InChI=1S/C14H19N3O5S/c1-23(19,20)17-6-2-3-11(8-17)16-14(18)15-10-4-5-12-13(7-10)22-9-21-12/h4-5,7,11H,2-3,6,8-9H2,1H3,(H2,15,16,18)/t11-/m1/s1. The van der Waals surface area contributed by atoms with E-state index in [9.17, 15) is 13.2 Å². The van der Waals surface area contributed by atoms with E-state index in [0.29, 0.717) is 30.3 Å². The molecule has 1 fully saturated rings. The zero-order valence-corrected chi connectivity index (χ0v) is 13.6. The number of piperidine rings is 1. The number of ether oxygens (including phenoxy) is 2. The van der Waals surface area contributed by atoms with Crippen molar-refractivity contribution < 1.29 is 22.7 Å². The molecule has 2 aliphatic rings. The summed E-state index contributed by atoms with van der Waals surface area (Å²) in [7, 11) is -3.23. The van der Waals surface area contributed by atoms with E-state index in [1.807, 2.05) is 0 Å². The van der Waals surface area contributed by atoms with Crippen LogP contribution in [-0.2, 0) is 10.0 Å². The Morgan fingerprint density at radius 2 is 2.09 bits per heavy atom. The molecule has 9 heteroatoms.